The van der Waals surface area contributed by atoms with Crippen molar-refractivity contribution in [2.75, 3.05) is 10.6 Å². The van der Waals surface area contributed by atoms with Crippen molar-refractivity contribution in [1.82, 2.24) is 14.8 Å². The number of carbonyl (C=O) groups excluding carboxylic acids is 1. The minimum atomic E-state index is -0.395. The zero-order valence-corrected chi connectivity index (χ0v) is 21.7. The molecule has 1 aromatic heterocycles. The molecule has 36 heavy (non-hydrogen) atoms. The lowest BCUT2D eigenvalue weighted by Crippen LogP contribution is -2.31. The van der Waals surface area contributed by atoms with Crippen LogP contribution in [-0.2, 0) is 10.5 Å². The van der Waals surface area contributed by atoms with Gasteiger partial charge in [-0.2, -0.15) is 4.98 Å². The standard InChI is InChI=1S/C29H29N5OS/c1-18-11-14-22(15-12-18)26-25(27(35)31-24-8-6-5-7-9-24)21(4)30-28-32-29(33-34(26)28)36-17-23-16-19(2)10-13-20(23)3/h5-16,26H,17H2,1-4H3,(H,31,35)(H,30,32,33)/t26-/m1/s1. The van der Waals surface area contributed by atoms with Gasteiger partial charge in [-0.15, -0.1) is 5.10 Å². The molecular formula is C29H29N5OS. The van der Waals surface area contributed by atoms with Crippen LogP contribution in [0.2, 0.25) is 0 Å². The van der Waals surface area contributed by atoms with Crippen molar-refractivity contribution in [2.45, 2.75) is 44.6 Å². The van der Waals surface area contributed by atoms with E-state index in [9.17, 15) is 4.79 Å². The fourth-order valence-corrected chi connectivity index (χ4v) is 5.25. The molecule has 0 unspecified atom stereocenters. The van der Waals surface area contributed by atoms with E-state index in [0.717, 1.165) is 28.3 Å². The molecule has 2 heterocycles. The highest BCUT2D eigenvalue weighted by molar-refractivity contribution is 7.98. The van der Waals surface area contributed by atoms with E-state index in [1.807, 2.05) is 41.9 Å². The van der Waals surface area contributed by atoms with E-state index < -0.39 is 6.04 Å². The Morgan fingerprint density at radius 3 is 2.44 bits per heavy atom. The number of nitrogens with zero attached hydrogens (tertiary/aromatic N) is 3. The van der Waals surface area contributed by atoms with Crippen LogP contribution in [0, 0.1) is 20.8 Å². The number of para-hydroxylation sites is 1. The van der Waals surface area contributed by atoms with Gasteiger partial charge in [0.2, 0.25) is 11.1 Å². The average Bonchev–Trinajstić information content (AvgIpc) is 3.27. The van der Waals surface area contributed by atoms with Gasteiger partial charge in [-0.1, -0.05) is 83.6 Å². The number of carbonyl (C=O) groups is 1. The molecule has 6 nitrogen and oxygen atoms in total. The summed E-state index contributed by atoms with van der Waals surface area (Å²) in [7, 11) is 0. The SMILES string of the molecule is CC1=C(C(=O)Nc2ccccc2)[C@@H](c2ccc(C)cc2)n2nc(SCc3cc(C)ccc3C)nc2N1. The van der Waals surface area contributed by atoms with Gasteiger partial charge in [0, 0.05) is 17.1 Å². The quantitative estimate of drug-likeness (QED) is 0.302. The number of hydrogen-bond acceptors (Lipinski definition) is 5. The largest absolute Gasteiger partial charge is 0.328 e. The maximum Gasteiger partial charge on any atom is 0.255 e. The lowest BCUT2D eigenvalue weighted by Gasteiger charge is -2.28. The Bertz CT molecular complexity index is 1440. The molecule has 0 bridgehead atoms. The number of fused-ring (bicyclic) bond motifs is 1. The molecule has 1 atom stereocenters. The van der Waals surface area contributed by atoms with Crippen molar-refractivity contribution in [3.8, 4) is 0 Å². The van der Waals surface area contributed by atoms with E-state index in [2.05, 4.69) is 73.9 Å². The number of benzene rings is 3. The van der Waals surface area contributed by atoms with Crippen LogP contribution in [0.3, 0.4) is 0 Å². The first-order chi connectivity index (χ1) is 17.4. The molecule has 2 N–H and O–H groups in total. The summed E-state index contributed by atoms with van der Waals surface area (Å²) in [5.74, 6) is 1.25. The molecule has 0 saturated heterocycles. The monoisotopic (exact) mass is 495 g/mol. The lowest BCUT2D eigenvalue weighted by molar-refractivity contribution is -0.113. The summed E-state index contributed by atoms with van der Waals surface area (Å²) < 4.78 is 1.84. The lowest BCUT2D eigenvalue weighted by atomic mass is 9.94. The minimum absolute atomic E-state index is 0.164. The van der Waals surface area contributed by atoms with Crippen LogP contribution in [0.5, 0.6) is 0 Å². The molecule has 1 aliphatic heterocycles. The molecule has 3 aromatic carbocycles. The molecule has 182 valence electrons. The summed E-state index contributed by atoms with van der Waals surface area (Å²) in [5.41, 5.74) is 8.04. The minimum Gasteiger partial charge on any atom is -0.328 e. The normalized spacial score (nSPS) is 14.8. The molecule has 1 aliphatic rings. The molecule has 4 aromatic rings. The van der Waals surface area contributed by atoms with Gasteiger partial charge >= 0.3 is 0 Å². The first kappa shape index (κ1) is 23.9. The van der Waals surface area contributed by atoms with Crippen LogP contribution in [0.4, 0.5) is 11.6 Å². The Morgan fingerprint density at radius 2 is 1.69 bits per heavy atom. The first-order valence-corrected chi connectivity index (χ1v) is 12.9. The second kappa shape index (κ2) is 10.0. The molecule has 0 radical (unpaired) electrons. The van der Waals surface area contributed by atoms with E-state index in [0.29, 0.717) is 16.7 Å². The third-order valence-corrected chi connectivity index (χ3v) is 7.25. The smallest absolute Gasteiger partial charge is 0.255 e. The number of allylic oxidation sites excluding steroid dienone is 1. The van der Waals surface area contributed by atoms with Gasteiger partial charge in [0.05, 0.1) is 5.57 Å². The molecular weight excluding hydrogens is 466 g/mol. The van der Waals surface area contributed by atoms with Crippen molar-refractivity contribution in [3.63, 3.8) is 0 Å². The molecule has 5 rings (SSSR count). The van der Waals surface area contributed by atoms with Gasteiger partial charge < -0.3 is 10.6 Å². The van der Waals surface area contributed by atoms with Crippen LogP contribution >= 0.6 is 11.8 Å². The summed E-state index contributed by atoms with van der Waals surface area (Å²) in [6.07, 6.45) is 0. The van der Waals surface area contributed by atoms with E-state index in [-0.39, 0.29) is 5.91 Å². The number of thioether (sulfide) groups is 1. The van der Waals surface area contributed by atoms with Crippen LogP contribution in [0.25, 0.3) is 0 Å². The van der Waals surface area contributed by atoms with Gasteiger partial charge in [0.15, 0.2) is 0 Å². The highest BCUT2D eigenvalue weighted by Gasteiger charge is 2.34. The second-order valence-electron chi connectivity index (χ2n) is 9.18. The van der Waals surface area contributed by atoms with Gasteiger partial charge in [-0.05, 0) is 56.5 Å². The molecule has 7 heteroatoms. The van der Waals surface area contributed by atoms with E-state index >= 15 is 0 Å². The van der Waals surface area contributed by atoms with Crippen molar-refractivity contribution in [1.29, 1.82) is 0 Å². The zero-order chi connectivity index (χ0) is 25.2. The summed E-state index contributed by atoms with van der Waals surface area (Å²) in [4.78, 5) is 18.3. The number of anilines is 2. The van der Waals surface area contributed by atoms with Crippen LogP contribution in [0.1, 0.15) is 40.8 Å². The number of hydrogen-bond donors (Lipinski definition) is 2. The Balaban J connectivity index is 1.49. The van der Waals surface area contributed by atoms with Gasteiger partial charge in [0.25, 0.3) is 5.91 Å². The number of nitrogens with one attached hydrogen (secondary N) is 2. The van der Waals surface area contributed by atoms with Gasteiger partial charge in [-0.25, -0.2) is 4.68 Å². The number of aromatic nitrogens is 3. The third-order valence-electron chi connectivity index (χ3n) is 6.36. The Morgan fingerprint density at radius 1 is 0.972 bits per heavy atom. The Kier molecular flexibility index (Phi) is 6.65. The zero-order valence-electron chi connectivity index (χ0n) is 20.9. The Hall–Kier alpha value is -3.84. The average molecular weight is 496 g/mol. The molecule has 0 aliphatic carbocycles. The maximum absolute atomic E-state index is 13.5. The highest BCUT2D eigenvalue weighted by atomic mass is 32.2. The molecule has 0 spiro atoms. The molecule has 0 fully saturated rings. The molecule has 0 saturated carbocycles. The van der Waals surface area contributed by atoms with Crippen LogP contribution < -0.4 is 10.6 Å². The molecule has 1 amide bonds. The Labute approximate surface area is 215 Å². The predicted octanol–water partition coefficient (Wildman–Crippen LogP) is 6.42. The summed E-state index contributed by atoms with van der Waals surface area (Å²) >= 11 is 1.60. The fraction of sp³-hybridized carbons (Fsp3) is 0.207. The van der Waals surface area contributed by atoms with Crippen molar-refractivity contribution < 1.29 is 4.79 Å². The first-order valence-electron chi connectivity index (χ1n) is 12.0. The van der Waals surface area contributed by atoms with Crippen molar-refractivity contribution >= 4 is 29.3 Å². The van der Waals surface area contributed by atoms with Gasteiger partial charge in [-0.3, -0.25) is 4.79 Å². The second-order valence-corrected chi connectivity index (χ2v) is 10.1. The number of aryl methyl sites for hydroxylation is 3. The topological polar surface area (TPSA) is 71.8 Å². The number of amides is 1. The number of rotatable bonds is 6. The van der Waals surface area contributed by atoms with Crippen LogP contribution in [-0.4, -0.2) is 20.7 Å². The van der Waals surface area contributed by atoms with E-state index in [1.54, 1.807) is 11.8 Å². The summed E-state index contributed by atoms with van der Waals surface area (Å²) in [6, 6.07) is 23.8. The third kappa shape index (κ3) is 4.93. The van der Waals surface area contributed by atoms with Crippen molar-refractivity contribution in [2.24, 2.45) is 0 Å². The summed E-state index contributed by atoms with van der Waals surface area (Å²) in [6.45, 7) is 8.20. The van der Waals surface area contributed by atoms with Crippen LogP contribution in [0.15, 0.2) is 89.2 Å². The van der Waals surface area contributed by atoms with E-state index in [4.69, 9.17) is 10.1 Å². The fourth-order valence-electron chi connectivity index (χ4n) is 4.36. The van der Waals surface area contributed by atoms with E-state index in [1.165, 1.54) is 16.7 Å². The predicted molar refractivity (Wildman–Crippen MR) is 146 cm³/mol. The maximum atomic E-state index is 13.5. The highest BCUT2D eigenvalue weighted by Crippen LogP contribution is 2.37. The summed E-state index contributed by atoms with van der Waals surface area (Å²) in [5, 5.41) is 11.9. The van der Waals surface area contributed by atoms with Crippen molar-refractivity contribution in [3.05, 3.63) is 112 Å². The van der Waals surface area contributed by atoms with Gasteiger partial charge in [0.1, 0.15) is 6.04 Å².